The fraction of sp³-hybridized carbons (Fsp3) is 0.0667. The van der Waals surface area contributed by atoms with Gasteiger partial charge in [0.1, 0.15) is 0 Å². The number of benzene rings is 1. The first kappa shape index (κ1) is 12.6. The molecule has 0 bridgehead atoms. The van der Waals surface area contributed by atoms with Crippen molar-refractivity contribution in [1.29, 1.82) is 0 Å². The summed E-state index contributed by atoms with van der Waals surface area (Å²) in [6.45, 7) is 0. The molecule has 2 N–H and O–H groups in total. The lowest BCUT2D eigenvalue weighted by Crippen LogP contribution is -2.21. The number of carbonyl (C=O) groups excluding carboxylic acids is 1. The Labute approximate surface area is 129 Å². The number of carbonyl (C=O) groups is 1. The number of aromatic nitrogens is 2. The van der Waals surface area contributed by atoms with Crippen LogP contribution in [0.2, 0.25) is 5.02 Å². The third-order valence-corrected chi connectivity index (χ3v) is 4.69. The summed E-state index contributed by atoms with van der Waals surface area (Å²) in [4.78, 5) is 13.2. The standard InChI is InChI=1S/C15H10ClN3OS/c16-9-5-3-8(4-6-9)12-11-13(10-2-1-7-21-10)18-19-14(11)15(20)17-12/h1-7,12H,(H,17,20)(H,18,19). The zero-order chi connectivity index (χ0) is 14.4. The maximum atomic E-state index is 12.1. The summed E-state index contributed by atoms with van der Waals surface area (Å²) in [5.41, 5.74) is 3.27. The minimum Gasteiger partial charge on any atom is -0.340 e. The second-order valence-electron chi connectivity index (χ2n) is 4.80. The van der Waals surface area contributed by atoms with Crippen molar-refractivity contribution in [2.75, 3.05) is 0 Å². The summed E-state index contributed by atoms with van der Waals surface area (Å²) in [5.74, 6) is -0.149. The highest BCUT2D eigenvalue weighted by Gasteiger charge is 2.35. The highest BCUT2D eigenvalue weighted by atomic mass is 35.5. The molecule has 4 rings (SSSR count). The van der Waals surface area contributed by atoms with E-state index < -0.39 is 0 Å². The Hall–Kier alpha value is -2.11. The van der Waals surface area contributed by atoms with E-state index in [1.54, 1.807) is 11.3 Å². The number of thiophene rings is 1. The van der Waals surface area contributed by atoms with Gasteiger partial charge >= 0.3 is 0 Å². The van der Waals surface area contributed by atoms with E-state index in [-0.39, 0.29) is 11.9 Å². The van der Waals surface area contributed by atoms with E-state index in [1.807, 2.05) is 41.8 Å². The molecule has 1 aromatic carbocycles. The molecule has 0 spiro atoms. The van der Waals surface area contributed by atoms with Crippen LogP contribution in [0.5, 0.6) is 0 Å². The first-order valence-corrected chi connectivity index (χ1v) is 7.68. The van der Waals surface area contributed by atoms with Gasteiger partial charge in [-0.15, -0.1) is 11.3 Å². The number of rotatable bonds is 2. The lowest BCUT2D eigenvalue weighted by Gasteiger charge is -2.13. The Kier molecular flexibility index (Phi) is 2.83. The summed E-state index contributed by atoms with van der Waals surface area (Å²) < 4.78 is 0. The number of nitrogens with one attached hydrogen (secondary N) is 2. The van der Waals surface area contributed by atoms with Crippen molar-refractivity contribution in [2.45, 2.75) is 6.04 Å². The largest absolute Gasteiger partial charge is 0.340 e. The van der Waals surface area contributed by atoms with E-state index in [4.69, 9.17) is 11.6 Å². The molecule has 1 aliphatic heterocycles. The van der Waals surface area contributed by atoms with E-state index in [0.29, 0.717) is 10.7 Å². The number of H-pyrrole nitrogens is 1. The van der Waals surface area contributed by atoms with Crippen molar-refractivity contribution >= 4 is 28.8 Å². The number of nitrogens with zero attached hydrogens (tertiary/aromatic N) is 1. The number of hydrogen-bond acceptors (Lipinski definition) is 3. The van der Waals surface area contributed by atoms with Crippen molar-refractivity contribution in [2.24, 2.45) is 0 Å². The smallest absolute Gasteiger partial charge is 0.272 e. The molecule has 1 amide bonds. The molecule has 3 heterocycles. The van der Waals surface area contributed by atoms with Gasteiger partial charge < -0.3 is 5.32 Å². The molecule has 104 valence electrons. The second kappa shape index (κ2) is 4.72. The molecule has 0 saturated carbocycles. The van der Waals surface area contributed by atoms with Gasteiger partial charge in [-0.2, -0.15) is 5.10 Å². The van der Waals surface area contributed by atoms with Crippen LogP contribution in [0, 0.1) is 0 Å². The third-order valence-electron chi connectivity index (χ3n) is 3.55. The van der Waals surface area contributed by atoms with E-state index in [9.17, 15) is 4.79 Å². The summed E-state index contributed by atoms with van der Waals surface area (Å²) in [5, 5.41) is 12.8. The molecule has 0 aliphatic carbocycles. The van der Waals surface area contributed by atoms with Crippen LogP contribution in [-0.2, 0) is 0 Å². The molecule has 0 radical (unpaired) electrons. The quantitative estimate of drug-likeness (QED) is 0.758. The van der Waals surface area contributed by atoms with Crippen LogP contribution in [0.15, 0.2) is 41.8 Å². The molecule has 0 saturated heterocycles. The van der Waals surface area contributed by atoms with Crippen LogP contribution in [0.4, 0.5) is 0 Å². The molecule has 4 nitrogen and oxygen atoms in total. The predicted octanol–water partition coefficient (Wildman–Crippen LogP) is 3.62. The first-order valence-electron chi connectivity index (χ1n) is 6.42. The van der Waals surface area contributed by atoms with Gasteiger partial charge in [-0.25, -0.2) is 0 Å². The van der Waals surface area contributed by atoms with Gasteiger partial charge in [0, 0.05) is 10.6 Å². The van der Waals surface area contributed by atoms with E-state index >= 15 is 0 Å². The van der Waals surface area contributed by atoms with Gasteiger partial charge in [-0.1, -0.05) is 29.8 Å². The van der Waals surface area contributed by atoms with Crippen LogP contribution in [-0.4, -0.2) is 16.1 Å². The van der Waals surface area contributed by atoms with Crippen LogP contribution < -0.4 is 5.32 Å². The fourth-order valence-electron chi connectivity index (χ4n) is 2.59. The molecular weight excluding hydrogens is 306 g/mol. The Bertz CT molecular complexity index is 808. The molecule has 21 heavy (non-hydrogen) atoms. The van der Waals surface area contributed by atoms with Crippen molar-refractivity contribution in [3.05, 3.63) is 63.6 Å². The SMILES string of the molecule is O=C1NC(c2ccc(Cl)cc2)c2c1n[nH]c2-c1cccs1. The summed E-state index contributed by atoms with van der Waals surface area (Å²) in [6, 6.07) is 11.3. The minimum absolute atomic E-state index is 0.149. The van der Waals surface area contributed by atoms with E-state index in [0.717, 1.165) is 21.7 Å². The highest BCUT2D eigenvalue weighted by molar-refractivity contribution is 7.13. The van der Waals surface area contributed by atoms with Crippen LogP contribution in [0.3, 0.4) is 0 Å². The summed E-state index contributed by atoms with van der Waals surface area (Å²) in [6.07, 6.45) is 0. The number of halogens is 1. The number of aromatic amines is 1. The van der Waals surface area contributed by atoms with Gasteiger partial charge in [-0.3, -0.25) is 9.89 Å². The molecule has 0 fully saturated rings. The molecule has 1 aliphatic rings. The molecule has 1 unspecified atom stereocenters. The van der Waals surface area contributed by atoms with Gasteiger partial charge in [0.15, 0.2) is 5.69 Å². The predicted molar refractivity (Wildman–Crippen MR) is 82.7 cm³/mol. The van der Waals surface area contributed by atoms with Gasteiger partial charge in [-0.05, 0) is 29.1 Å². The average Bonchev–Trinajstić information content (AvgIpc) is 3.18. The minimum atomic E-state index is -0.194. The maximum Gasteiger partial charge on any atom is 0.272 e. The Morgan fingerprint density at radius 3 is 2.71 bits per heavy atom. The lowest BCUT2D eigenvalue weighted by atomic mass is 9.99. The Morgan fingerprint density at radius 1 is 1.19 bits per heavy atom. The first-order chi connectivity index (χ1) is 10.2. The van der Waals surface area contributed by atoms with Crippen LogP contribution in [0.25, 0.3) is 10.6 Å². The molecule has 6 heteroatoms. The van der Waals surface area contributed by atoms with Crippen molar-refractivity contribution in [3.8, 4) is 10.6 Å². The van der Waals surface area contributed by atoms with Gasteiger partial charge in [0.2, 0.25) is 0 Å². The van der Waals surface area contributed by atoms with E-state index in [1.165, 1.54) is 0 Å². The van der Waals surface area contributed by atoms with Crippen molar-refractivity contribution in [1.82, 2.24) is 15.5 Å². The third kappa shape index (κ3) is 1.97. The number of hydrogen-bond donors (Lipinski definition) is 2. The van der Waals surface area contributed by atoms with Crippen molar-refractivity contribution in [3.63, 3.8) is 0 Å². The summed E-state index contributed by atoms with van der Waals surface area (Å²) >= 11 is 7.55. The Balaban J connectivity index is 1.86. The van der Waals surface area contributed by atoms with Gasteiger partial charge in [0.25, 0.3) is 5.91 Å². The van der Waals surface area contributed by atoms with Crippen LogP contribution in [0.1, 0.15) is 27.7 Å². The zero-order valence-electron chi connectivity index (χ0n) is 10.8. The zero-order valence-corrected chi connectivity index (χ0v) is 12.3. The number of amides is 1. The van der Waals surface area contributed by atoms with Crippen molar-refractivity contribution < 1.29 is 4.79 Å². The normalized spacial score (nSPS) is 16.8. The number of fused-ring (bicyclic) bond motifs is 1. The average molecular weight is 316 g/mol. The molecule has 3 aromatic rings. The van der Waals surface area contributed by atoms with Crippen LogP contribution >= 0.6 is 22.9 Å². The topological polar surface area (TPSA) is 57.8 Å². The lowest BCUT2D eigenvalue weighted by molar-refractivity contribution is 0.0955. The maximum absolute atomic E-state index is 12.1. The monoisotopic (exact) mass is 315 g/mol. The second-order valence-corrected chi connectivity index (χ2v) is 6.18. The van der Waals surface area contributed by atoms with E-state index in [2.05, 4.69) is 15.5 Å². The highest BCUT2D eigenvalue weighted by Crippen LogP contribution is 2.38. The molecule has 1 atom stereocenters. The molecular formula is C15H10ClN3OS. The van der Waals surface area contributed by atoms with Gasteiger partial charge in [0.05, 0.1) is 16.6 Å². The fourth-order valence-corrected chi connectivity index (χ4v) is 3.45. The summed E-state index contributed by atoms with van der Waals surface area (Å²) in [7, 11) is 0. The Morgan fingerprint density at radius 2 is 2.00 bits per heavy atom. The molecule has 2 aromatic heterocycles.